The van der Waals surface area contributed by atoms with Crippen LogP contribution < -0.4 is 5.32 Å². The zero-order valence-electron chi connectivity index (χ0n) is 8.57. The third kappa shape index (κ3) is 3.71. The van der Waals surface area contributed by atoms with E-state index >= 15 is 0 Å². The van der Waals surface area contributed by atoms with Gasteiger partial charge in [-0.15, -0.1) is 10.2 Å². The summed E-state index contributed by atoms with van der Waals surface area (Å²) in [4.78, 5) is 1.47. The molecule has 1 rings (SSSR count). The van der Waals surface area contributed by atoms with Crippen LogP contribution in [0.2, 0.25) is 0 Å². The second-order valence-electron chi connectivity index (χ2n) is 3.16. The van der Waals surface area contributed by atoms with Crippen molar-refractivity contribution in [3.8, 4) is 0 Å². The molecule has 1 N–H and O–H groups in total. The van der Waals surface area contributed by atoms with Gasteiger partial charge in [0.05, 0.1) is 13.6 Å². The lowest BCUT2D eigenvalue weighted by Gasteiger charge is -2.13. The lowest BCUT2D eigenvalue weighted by molar-refractivity contribution is 0.479. The molecule has 5 nitrogen and oxygen atoms in total. The van der Waals surface area contributed by atoms with E-state index in [1.54, 1.807) is 7.05 Å². The molecule has 0 aromatic carbocycles. The van der Waals surface area contributed by atoms with Crippen molar-refractivity contribution in [3.63, 3.8) is 0 Å². The first-order valence-electron chi connectivity index (χ1n) is 4.78. The number of nitrogens with zero attached hydrogens (tertiary/aromatic N) is 4. The maximum atomic E-state index is 4.10. The van der Waals surface area contributed by atoms with Gasteiger partial charge < -0.3 is 5.32 Å². The van der Waals surface area contributed by atoms with E-state index in [1.165, 1.54) is 4.80 Å². The summed E-state index contributed by atoms with van der Waals surface area (Å²) in [5.41, 5.74) is 0. The maximum absolute atomic E-state index is 4.10. The third-order valence-corrected chi connectivity index (χ3v) is 2.51. The van der Waals surface area contributed by atoms with Gasteiger partial charge in [-0.3, -0.25) is 0 Å². The molecule has 1 heterocycles. The molecule has 1 aromatic heterocycles. The number of hydrogen-bond donors (Lipinski definition) is 1. The van der Waals surface area contributed by atoms with Crippen molar-refractivity contribution in [1.29, 1.82) is 0 Å². The second-order valence-corrected chi connectivity index (χ2v) is 3.95. The van der Waals surface area contributed by atoms with Gasteiger partial charge in [0.25, 0.3) is 0 Å². The molecule has 6 heteroatoms. The lowest BCUT2D eigenvalue weighted by atomic mass is 10.2. The summed E-state index contributed by atoms with van der Waals surface area (Å²) in [6, 6.07) is 0.526. The monoisotopic (exact) mass is 261 g/mol. The Labute approximate surface area is 92.4 Å². The first kappa shape index (κ1) is 11.6. The van der Waals surface area contributed by atoms with Gasteiger partial charge in [0, 0.05) is 11.4 Å². The topological polar surface area (TPSA) is 55.6 Å². The predicted octanol–water partition coefficient (Wildman–Crippen LogP) is 0.863. The van der Waals surface area contributed by atoms with Crippen molar-refractivity contribution in [3.05, 3.63) is 5.82 Å². The van der Waals surface area contributed by atoms with E-state index in [0.717, 1.165) is 24.0 Å². The summed E-state index contributed by atoms with van der Waals surface area (Å²) in [5, 5.41) is 16.2. The number of hydrogen-bond acceptors (Lipinski definition) is 4. The van der Waals surface area contributed by atoms with E-state index in [-0.39, 0.29) is 0 Å². The van der Waals surface area contributed by atoms with Crippen LogP contribution >= 0.6 is 15.9 Å². The van der Waals surface area contributed by atoms with E-state index in [2.05, 4.69) is 43.6 Å². The van der Waals surface area contributed by atoms with Gasteiger partial charge in [-0.2, -0.15) is 4.80 Å². The minimum absolute atomic E-state index is 0.526. The van der Waals surface area contributed by atoms with Crippen LogP contribution in [0.1, 0.15) is 25.6 Å². The Hall–Kier alpha value is -0.490. The molecular formula is C8H16BrN5. The first-order valence-corrected chi connectivity index (χ1v) is 5.90. The van der Waals surface area contributed by atoms with Crippen LogP contribution in [0.3, 0.4) is 0 Å². The molecule has 80 valence electrons. The number of aromatic nitrogens is 4. The number of tetrazole rings is 1. The minimum atomic E-state index is 0.526. The summed E-state index contributed by atoms with van der Waals surface area (Å²) in [7, 11) is 1.77. The molecular weight excluding hydrogens is 246 g/mol. The van der Waals surface area contributed by atoms with Crippen LogP contribution in [0.5, 0.6) is 0 Å². The fourth-order valence-corrected chi connectivity index (χ4v) is 1.76. The van der Waals surface area contributed by atoms with Gasteiger partial charge in [-0.05, 0) is 18.1 Å². The molecule has 1 atom stereocenters. The smallest absolute Gasteiger partial charge is 0.188 e. The average Bonchev–Trinajstić information content (AvgIpc) is 2.59. The fraction of sp³-hybridized carbons (Fsp3) is 0.875. The van der Waals surface area contributed by atoms with Crippen LogP contribution in [-0.2, 0) is 13.6 Å². The number of rotatable bonds is 6. The summed E-state index contributed by atoms with van der Waals surface area (Å²) in [6.07, 6.45) is 2.24. The lowest BCUT2D eigenvalue weighted by Crippen LogP contribution is -2.28. The summed E-state index contributed by atoms with van der Waals surface area (Å²) in [5.74, 6) is 0.750. The normalized spacial score (nSPS) is 13.1. The Morgan fingerprint density at radius 3 is 2.86 bits per heavy atom. The number of nitrogens with one attached hydrogen (secondary N) is 1. The molecule has 0 radical (unpaired) electrons. The Morgan fingerprint density at radius 2 is 2.36 bits per heavy atom. The average molecular weight is 262 g/mol. The third-order valence-electron chi connectivity index (χ3n) is 2.05. The molecule has 0 bridgehead atoms. The Bertz CT molecular complexity index is 262. The van der Waals surface area contributed by atoms with E-state index in [9.17, 15) is 0 Å². The zero-order valence-corrected chi connectivity index (χ0v) is 10.2. The largest absolute Gasteiger partial charge is 0.307 e. The molecule has 0 fully saturated rings. The van der Waals surface area contributed by atoms with E-state index < -0.39 is 0 Å². The highest BCUT2D eigenvalue weighted by Gasteiger charge is 2.06. The van der Waals surface area contributed by atoms with Crippen molar-refractivity contribution in [2.75, 3.05) is 5.33 Å². The molecule has 14 heavy (non-hydrogen) atoms. The molecule has 0 aliphatic rings. The van der Waals surface area contributed by atoms with Gasteiger partial charge in [0.2, 0.25) is 0 Å². The van der Waals surface area contributed by atoms with Gasteiger partial charge in [0.15, 0.2) is 5.82 Å². The van der Waals surface area contributed by atoms with Crippen LogP contribution in [0.4, 0.5) is 0 Å². The molecule has 0 spiro atoms. The molecule has 0 amide bonds. The Morgan fingerprint density at radius 1 is 1.57 bits per heavy atom. The van der Waals surface area contributed by atoms with Crippen molar-refractivity contribution in [2.24, 2.45) is 7.05 Å². The predicted molar refractivity (Wildman–Crippen MR) is 58.1 cm³/mol. The number of alkyl halides is 1. The fourth-order valence-electron chi connectivity index (χ4n) is 1.21. The molecule has 1 unspecified atom stereocenters. The minimum Gasteiger partial charge on any atom is -0.307 e. The van der Waals surface area contributed by atoms with Crippen molar-refractivity contribution in [1.82, 2.24) is 25.5 Å². The van der Waals surface area contributed by atoms with Crippen LogP contribution in [0.25, 0.3) is 0 Å². The summed E-state index contributed by atoms with van der Waals surface area (Å²) >= 11 is 3.43. The van der Waals surface area contributed by atoms with E-state index in [0.29, 0.717) is 12.6 Å². The molecule has 1 aromatic rings. The van der Waals surface area contributed by atoms with E-state index in [1.807, 2.05) is 0 Å². The number of halogens is 1. The van der Waals surface area contributed by atoms with Gasteiger partial charge >= 0.3 is 0 Å². The second kappa shape index (κ2) is 6.08. The quantitative estimate of drug-likeness (QED) is 0.773. The van der Waals surface area contributed by atoms with Crippen molar-refractivity contribution in [2.45, 2.75) is 32.4 Å². The van der Waals surface area contributed by atoms with Gasteiger partial charge in [0.1, 0.15) is 0 Å². The molecule has 0 aliphatic carbocycles. The van der Waals surface area contributed by atoms with Gasteiger partial charge in [-0.25, -0.2) is 0 Å². The summed E-state index contributed by atoms with van der Waals surface area (Å²) < 4.78 is 0. The maximum Gasteiger partial charge on any atom is 0.188 e. The highest BCUT2D eigenvalue weighted by atomic mass is 79.9. The first-order chi connectivity index (χ1) is 6.76. The standard InChI is InChI=1S/C8H16BrN5/c1-3-7(4-5-9)10-6-8-11-13-14(2)12-8/h7,10H,3-6H2,1-2H3. The van der Waals surface area contributed by atoms with E-state index in [4.69, 9.17) is 0 Å². The number of aryl methyl sites for hydroxylation is 1. The SMILES string of the molecule is CCC(CCBr)NCc1nnn(C)n1. The summed E-state index contributed by atoms with van der Waals surface area (Å²) in [6.45, 7) is 2.86. The molecule has 0 aliphatic heterocycles. The highest BCUT2D eigenvalue weighted by Crippen LogP contribution is 2.01. The Balaban J connectivity index is 2.31. The van der Waals surface area contributed by atoms with Crippen molar-refractivity contribution < 1.29 is 0 Å². The van der Waals surface area contributed by atoms with Gasteiger partial charge in [-0.1, -0.05) is 22.9 Å². The van der Waals surface area contributed by atoms with Crippen LogP contribution in [-0.4, -0.2) is 31.6 Å². The molecule has 0 saturated carbocycles. The highest BCUT2D eigenvalue weighted by molar-refractivity contribution is 9.09. The zero-order chi connectivity index (χ0) is 10.4. The van der Waals surface area contributed by atoms with Crippen LogP contribution in [0, 0.1) is 0 Å². The molecule has 0 saturated heterocycles. The Kier molecular flexibility index (Phi) is 5.03. The van der Waals surface area contributed by atoms with Crippen molar-refractivity contribution >= 4 is 15.9 Å². The van der Waals surface area contributed by atoms with Crippen LogP contribution in [0.15, 0.2) is 0 Å².